The first-order valence-corrected chi connectivity index (χ1v) is 8.87. The molecule has 1 aromatic heterocycles. The van der Waals surface area contributed by atoms with Crippen LogP contribution in [0.2, 0.25) is 0 Å². The van der Waals surface area contributed by atoms with Crippen molar-refractivity contribution in [3.8, 4) is 28.4 Å². The van der Waals surface area contributed by atoms with Gasteiger partial charge in [-0.3, -0.25) is 10.1 Å². The zero-order valence-electron chi connectivity index (χ0n) is 15.9. The zero-order valence-corrected chi connectivity index (χ0v) is 15.9. The van der Waals surface area contributed by atoms with Gasteiger partial charge in [0.05, 0.1) is 24.8 Å². The molecule has 1 N–H and O–H groups in total. The lowest BCUT2D eigenvalue weighted by molar-refractivity contribution is -0.384. The molecule has 2 aromatic carbocycles. The molecule has 3 aromatic rings. The third-order valence-electron chi connectivity index (χ3n) is 4.94. The molecule has 8 heteroatoms. The molecule has 0 saturated carbocycles. The summed E-state index contributed by atoms with van der Waals surface area (Å²) in [5.41, 5.74) is 4.26. The molecule has 0 saturated heterocycles. The van der Waals surface area contributed by atoms with Crippen molar-refractivity contribution in [2.24, 2.45) is 0 Å². The number of rotatable bonds is 5. The number of anilines is 1. The molecule has 8 nitrogen and oxygen atoms in total. The summed E-state index contributed by atoms with van der Waals surface area (Å²) in [6, 6.07) is 10.4. The van der Waals surface area contributed by atoms with Crippen molar-refractivity contribution >= 4 is 11.5 Å². The lowest BCUT2D eigenvalue weighted by atomic mass is 10.1. The first kappa shape index (κ1) is 17.8. The van der Waals surface area contributed by atoms with Crippen LogP contribution in [0.3, 0.4) is 0 Å². The number of nitro groups is 1. The molecule has 4 rings (SSSR count). The minimum absolute atomic E-state index is 0.0309. The van der Waals surface area contributed by atoms with E-state index in [2.05, 4.69) is 5.32 Å². The van der Waals surface area contributed by atoms with Crippen LogP contribution >= 0.6 is 0 Å². The van der Waals surface area contributed by atoms with Crippen LogP contribution in [0.4, 0.5) is 11.5 Å². The maximum atomic E-state index is 11.2. The van der Waals surface area contributed by atoms with Gasteiger partial charge < -0.3 is 14.8 Å². The number of benzene rings is 2. The summed E-state index contributed by atoms with van der Waals surface area (Å²) in [4.78, 5) is 10.8. The first-order valence-electron chi connectivity index (χ1n) is 8.87. The molecule has 1 aliphatic rings. The second-order valence-electron chi connectivity index (χ2n) is 6.56. The summed E-state index contributed by atoms with van der Waals surface area (Å²) in [6.07, 6.45) is 0.805. The molecule has 0 spiro atoms. The largest absolute Gasteiger partial charge is 0.497 e. The number of hydrogen-bond donors (Lipinski definition) is 1. The van der Waals surface area contributed by atoms with Crippen molar-refractivity contribution in [2.75, 3.05) is 26.1 Å². The second kappa shape index (κ2) is 6.88. The number of aromatic nitrogens is 2. The number of ether oxygens (including phenoxy) is 2. The number of nitrogens with zero attached hydrogens (tertiary/aromatic N) is 3. The van der Waals surface area contributed by atoms with Crippen LogP contribution in [0.1, 0.15) is 11.1 Å². The minimum atomic E-state index is -0.397. The van der Waals surface area contributed by atoms with Crippen LogP contribution < -0.4 is 14.8 Å². The van der Waals surface area contributed by atoms with E-state index in [1.165, 1.54) is 6.07 Å². The molecule has 28 heavy (non-hydrogen) atoms. The molecule has 0 radical (unpaired) electrons. The highest BCUT2D eigenvalue weighted by molar-refractivity contribution is 5.78. The number of non-ortho nitro benzene ring substituents is 1. The van der Waals surface area contributed by atoms with Crippen LogP contribution in [0.5, 0.6) is 11.5 Å². The van der Waals surface area contributed by atoms with E-state index in [4.69, 9.17) is 14.6 Å². The van der Waals surface area contributed by atoms with Gasteiger partial charge in [-0.05, 0) is 37.1 Å². The summed E-state index contributed by atoms with van der Waals surface area (Å²) in [6.45, 7) is 2.69. The SMILES string of the molecule is COc1ccc(OC)c(-c2nn(-c3cc([N+](=O)[O-])ccc3C)c3c2CCN3)c1. The van der Waals surface area contributed by atoms with E-state index < -0.39 is 4.92 Å². The van der Waals surface area contributed by atoms with E-state index in [9.17, 15) is 10.1 Å². The van der Waals surface area contributed by atoms with Crippen LogP contribution in [0.15, 0.2) is 36.4 Å². The normalized spacial score (nSPS) is 12.4. The number of nitro benzene ring substituents is 1. The fourth-order valence-electron chi connectivity index (χ4n) is 3.50. The molecule has 1 aliphatic heterocycles. The Labute approximate surface area is 161 Å². The van der Waals surface area contributed by atoms with Crippen LogP contribution in [-0.2, 0) is 6.42 Å². The maximum Gasteiger partial charge on any atom is 0.271 e. The third-order valence-corrected chi connectivity index (χ3v) is 4.94. The van der Waals surface area contributed by atoms with Gasteiger partial charge in [-0.2, -0.15) is 5.10 Å². The van der Waals surface area contributed by atoms with E-state index in [0.717, 1.165) is 41.2 Å². The van der Waals surface area contributed by atoms with Crippen molar-refractivity contribution in [3.05, 3.63) is 57.6 Å². The van der Waals surface area contributed by atoms with Crippen LogP contribution in [-0.4, -0.2) is 35.5 Å². The molecule has 0 amide bonds. The maximum absolute atomic E-state index is 11.2. The highest BCUT2D eigenvalue weighted by Gasteiger charge is 2.27. The fourth-order valence-corrected chi connectivity index (χ4v) is 3.50. The summed E-state index contributed by atoms with van der Waals surface area (Å²) in [5.74, 6) is 2.25. The van der Waals surface area contributed by atoms with Crippen molar-refractivity contribution < 1.29 is 14.4 Å². The van der Waals surface area contributed by atoms with Gasteiger partial charge in [0.2, 0.25) is 0 Å². The molecule has 0 unspecified atom stereocenters. The number of methoxy groups -OCH3 is 2. The molecule has 144 valence electrons. The van der Waals surface area contributed by atoms with E-state index >= 15 is 0 Å². The van der Waals surface area contributed by atoms with Gasteiger partial charge >= 0.3 is 0 Å². The van der Waals surface area contributed by atoms with E-state index in [1.54, 1.807) is 31.0 Å². The predicted octanol–water partition coefficient (Wildman–Crippen LogP) is 3.74. The van der Waals surface area contributed by atoms with Gasteiger partial charge in [0.15, 0.2) is 0 Å². The monoisotopic (exact) mass is 380 g/mol. The second-order valence-corrected chi connectivity index (χ2v) is 6.56. The standard InChI is InChI=1S/C20H20N4O4/c1-12-4-5-13(24(25)26)10-17(12)23-20-15(8-9-21-20)19(22-23)16-11-14(27-2)6-7-18(16)28-3/h4-7,10-11,21H,8-9H2,1-3H3. The quantitative estimate of drug-likeness (QED) is 0.535. The average Bonchev–Trinajstić information content (AvgIpc) is 3.30. The van der Waals surface area contributed by atoms with Crippen LogP contribution in [0.25, 0.3) is 16.9 Å². The zero-order chi connectivity index (χ0) is 19.8. The molecular formula is C20H20N4O4. The Bertz CT molecular complexity index is 1070. The smallest absolute Gasteiger partial charge is 0.271 e. The molecule has 0 aliphatic carbocycles. The van der Waals surface area contributed by atoms with Gasteiger partial charge in [0.1, 0.15) is 23.0 Å². The summed E-state index contributed by atoms with van der Waals surface area (Å²) in [5, 5.41) is 19.4. The highest BCUT2D eigenvalue weighted by atomic mass is 16.6. The highest BCUT2D eigenvalue weighted by Crippen LogP contribution is 2.40. The minimum Gasteiger partial charge on any atom is -0.497 e. The van der Waals surface area contributed by atoms with Crippen molar-refractivity contribution in [1.82, 2.24) is 9.78 Å². The van der Waals surface area contributed by atoms with Gasteiger partial charge in [-0.25, -0.2) is 4.68 Å². The van der Waals surface area contributed by atoms with Gasteiger partial charge in [-0.1, -0.05) is 6.07 Å². The lowest BCUT2D eigenvalue weighted by Crippen LogP contribution is -2.06. The lowest BCUT2D eigenvalue weighted by Gasteiger charge is -2.10. The Kier molecular flexibility index (Phi) is 4.38. The fraction of sp³-hybridized carbons (Fsp3) is 0.250. The van der Waals surface area contributed by atoms with Crippen LogP contribution in [0, 0.1) is 17.0 Å². The van der Waals surface area contributed by atoms with Crippen molar-refractivity contribution in [2.45, 2.75) is 13.3 Å². The van der Waals surface area contributed by atoms with Crippen molar-refractivity contribution in [1.29, 1.82) is 0 Å². The Hall–Kier alpha value is -3.55. The van der Waals surface area contributed by atoms with Gasteiger partial charge in [0.25, 0.3) is 5.69 Å². The molecule has 0 atom stereocenters. The average molecular weight is 380 g/mol. The molecule has 2 heterocycles. The molecular weight excluding hydrogens is 360 g/mol. The Morgan fingerprint density at radius 2 is 2.00 bits per heavy atom. The first-order chi connectivity index (χ1) is 13.5. The molecule has 0 bridgehead atoms. The summed E-state index contributed by atoms with van der Waals surface area (Å²) < 4.78 is 12.6. The predicted molar refractivity (Wildman–Crippen MR) is 106 cm³/mol. The van der Waals surface area contributed by atoms with E-state index in [-0.39, 0.29) is 5.69 Å². The van der Waals surface area contributed by atoms with E-state index in [1.807, 2.05) is 25.1 Å². The van der Waals surface area contributed by atoms with Crippen molar-refractivity contribution in [3.63, 3.8) is 0 Å². The Balaban J connectivity index is 1.94. The summed E-state index contributed by atoms with van der Waals surface area (Å²) >= 11 is 0. The number of hydrogen-bond acceptors (Lipinski definition) is 6. The number of fused-ring (bicyclic) bond motifs is 1. The van der Waals surface area contributed by atoms with E-state index in [0.29, 0.717) is 17.2 Å². The number of aryl methyl sites for hydroxylation is 1. The number of nitrogens with one attached hydrogen (secondary N) is 1. The Morgan fingerprint density at radius 1 is 1.18 bits per heavy atom. The third kappa shape index (κ3) is 2.83. The topological polar surface area (TPSA) is 91.5 Å². The van der Waals surface area contributed by atoms with Gasteiger partial charge in [0, 0.05) is 29.8 Å². The summed E-state index contributed by atoms with van der Waals surface area (Å²) in [7, 11) is 3.23. The Morgan fingerprint density at radius 3 is 2.71 bits per heavy atom. The van der Waals surface area contributed by atoms with Gasteiger partial charge in [-0.15, -0.1) is 0 Å². The molecule has 0 fully saturated rings.